The van der Waals surface area contributed by atoms with Gasteiger partial charge in [-0.05, 0) is 18.3 Å². The van der Waals surface area contributed by atoms with Crippen LogP contribution in [0.25, 0.3) is 0 Å². The average molecular weight is 323 g/mol. The van der Waals surface area contributed by atoms with Gasteiger partial charge in [0.2, 0.25) is 0 Å². The molecule has 0 fully saturated rings. The van der Waals surface area contributed by atoms with Crippen molar-refractivity contribution in [1.29, 1.82) is 0 Å². The van der Waals surface area contributed by atoms with Crippen LogP contribution in [-0.4, -0.2) is 42.3 Å². The molecule has 0 atom stereocenters. The van der Waals surface area contributed by atoms with E-state index in [1.807, 2.05) is 12.4 Å². The second-order valence-corrected chi connectivity index (χ2v) is 6.54. The van der Waals surface area contributed by atoms with E-state index >= 15 is 0 Å². The molecule has 0 bridgehead atoms. The van der Waals surface area contributed by atoms with Crippen LogP contribution in [0.3, 0.4) is 0 Å². The van der Waals surface area contributed by atoms with Crippen LogP contribution in [0, 0.1) is 11.8 Å². The molecule has 0 saturated heterocycles. The first-order chi connectivity index (χ1) is 11.0. The monoisotopic (exact) mass is 323 g/mol. The van der Waals surface area contributed by atoms with Gasteiger partial charge >= 0.3 is 0 Å². The quantitative estimate of drug-likeness (QED) is 0.394. The molecule has 0 aromatic carbocycles. The standard InChI is InChI=1S/C17H33N5O/c1-14(2)6-10-23-11-8-20-17(18-5)21-12-16-19-7-9-22(16)13-15(3)4/h7,9,14-15H,6,8,10-13H2,1-5H3,(H2,18,20,21). The summed E-state index contributed by atoms with van der Waals surface area (Å²) < 4.78 is 7.77. The van der Waals surface area contributed by atoms with Crippen LogP contribution >= 0.6 is 0 Å². The molecule has 2 N–H and O–H groups in total. The van der Waals surface area contributed by atoms with Crippen molar-refractivity contribution < 1.29 is 4.74 Å². The fourth-order valence-corrected chi connectivity index (χ4v) is 2.11. The molecule has 1 aromatic heterocycles. The molecule has 1 heterocycles. The van der Waals surface area contributed by atoms with Gasteiger partial charge in [-0.3, -0.25) is 4.99 Å². The fraction of sp³-hybridized carbons (Fsp3) is 0.765. The maximum absolute atomic E-state index is 5.59. The summed E-state index contributed by atoms with van der Waals surface area (Å²) in [6.07, 6.45) is 4.97. The largest absolute Gasteiger partial charge is 0.380 e. The number of aliphatic imine (C=N–C) groups is 1. The van der Waals surface area contributed by atoms with Gasteiger partial charge in [-0.25, -0.2) is 4.98 Å². The van der Waals surface area contributed by atoms with E-state index in [1.165, 1.54) is 0 Å². The summed E-state index contributed by atoms with van der Waals surface area (Å²) in [7, 11) is 1.77. The zero-order valence-electron chi connectivity index (χ0n) is 15.3. The first-order valence-electron chi connectivity index (χ1n) is 8.55. The highest BCUT2D eigenvalue weighted by atomic mass is 16.5. The van der Waals surface area contributed by atoms with Crippen LogP contribution in [0.5, 0.6) is 0 Å². The molecule has 0 aliphatic carbocycles. The Labute approximate surface area is 140 Å². The van der Waals surface area contributed by atoms with Gasteiger partial charge in [-0.1, -0.05) is 27.7 Å². The van der Waals surface area contributed by atoms with Crippen molar-refractivity contribution in [3.8, 4) is 0 Å². The predicted octanol–water partition coefficient (Wildman–Crippen LogP) is 2.27. The Bertz CT molecular complexity index is 454. The summed E-state index contributed by atoms with van der Waals surface area (Å²) in [6, 6.07) is 0. The highest BCUT2D eigenvalue weighted by molar-refractivity contribution is 5.79. The Morgan fingerprint density at radius 1 is 1.22 bits per heavy atom. The SMILES string of the molecule is CN=C(NCCOCCC(C)C)NCc1nccn1CC(C)C. The van der Waals surface area contributed by atoms with Crippen molar-refractivity contribution in [2.24, 2.45) is 16.8 Å². The van der Waals surface area contributed by atoms with E-state index in [1.54, 1.807) is 7.05 Å². The van der Waals surface area contributed by atoms with Crippen LogP contribution in [0.1, 0.15) is 39.9 Å². The van der Waals surface area contributed by atoms with E-state index < -0.39 is 0 Å². The molecular formula is C17H33N5O. The van der Waals surface area contributed by atoms with Gasteiger partial charge < -0.3 is 19.9 Å². The Kier molecular flexibility index (Phi) is 9.36. The lowest BCUT2D eigenvalue weighted by molar-refractivity contribution is 0.128. The summed E-state index contributed by atoms with van der Waals surface area (Å²) in [5.74, 6) is 3.08. The van der Waals surface area contributed by atoms with Gasteiger partial charge in [0.1, 0.15) is 5.82 Å². The second kappa shape index (κ2) is 11.0. The molecule has 0 amide bonds. The van der Waals surface area contributed by atoms with E-state index in [0.29, 0.717) is 25.0 Å². The lowest BCUT2D eigenvalue weighted by Gasteiger charge is -2.14. The van der Waals surface area contributed by atoms with Crippen molar-refractivity contribution >= 4 is 5.96 Å². The first kappa shape index (κ1) is 19.5. The Morgan fingerprint density at radius 3 is 2.65 bits per heavy atom. The molecule has 0 aliphatic heterocycles. The van der Waals surface area contributed by atoms with Crippen molar-refractivity contribution in [3.05, 3.63) is 18.2 Å². The Hall–Kier alpha value is -1.56. The van der Waals surface area contributed by atoms with Gasteiger partial charge in [0, 0.05) is 39.1 Å². The molecule has 6 heteroatoms. The Balaban J connectivity index is 2.25. The van der Waals surface area contributed by atoms with Crippen LogP contribution in [0.2, 0.25) is 0 Å². The highest BCUT2D eigenvalue weighted by Gasteiger charge is 2.05. The van der Waals surface area contributed by atoms with Gasteiger partial charge in [0.15, 0.2) is 5.96 Å². The number of imidazole rings is 1. The zero-order chi connectivity index (χ0) is 17.1. The van der Waals surface area contributed by atoms with Gasteiger partial charge in [-0.2, -0.15) is 0 Å². The Morgan fingerprint density at radius 2 is 2.00 bits per heavy atom. The number of aromatic nitrogens is 2. The summed E-state index contributed by atoms with van der Waals surface area (Å²) in [5, 5.41) is 6.55. The van der Waals surface area contributed by atoms with Gasteiger partial charge in [-0.15, -0.1) is 0 Å². The highest BCUT2D eigenvalue weighted by Crippen LogP contribution is 2.03. The molecule has 0 unspecified atom stereocenters. The van der Waals surface area contributed by atoms with Crippen molar-refractivity contribution in [2.75, 3.05) is 26.8 Å². The van der Waals surface area contributed by atoms with Crippen LogP contribution in [0.4, 0.5) is 0 Å². The van der Waals surface area contributed by atoms with E-state index in [9.17, 15) is 0 Å². The van der Waals surface area contributed by atoms with Crippen LogP contribution < -0.4 is 10.6 Å². The summed E-state index contributed by atoms with van der Waals surface area (Å²) in [5.41, 5.74) is 0. The lowest BCUT2D eigenvalue weighted by Crippen LogP contribution is -2.39. The van der Waals surface area contributed by atoms with Crippen molar-refractivity contribution in [3.63, 3.8) is 0 Å². The molecule has 0 spiro atoms. The molecule has 1 rings (SSSR count). The number of guanidine groups is 1. The van der Waals surface area contributed by atoms with Crippen LogP contribution in [0.15, 0.2) is 17.4 Å². The molecular weight excluding hydrogens is 290 g/mol. The molecule has 1 aromatic rings. The fourth-order valence-electron chi connectivity index (χ4n) is 2.11. The number of ether oxygens (including phenoxy) is 1. The third kappa shape index (κ3) is 8.59. The second-order valence-electron chi connectivity index (χ2n) is 6.54. The van der Waals surface area contributed by atoms with E-state index in [4.69, 9.17) is 4.74 Å². The minimum absolute atomic E-state index is 0.600. The minimum atomic E-state index is 0.600. The zero-order valence-corrected chi connectivity index (χ0v) is 15.3. The van der Waals surface area contributed by atoms with E-state index in [0.717, 1.165) is 37.9 Å². The third-order valence-electron chi connectivity index (χ3n) is 3.38. The molecule has 0 aliphatic rings. The minimum Gasteiger partial charge on any atom is -0.380 e. The van der Waals surface area contributed by atoms with E-state index in [2.05, 4.69) is 52.9 Å². The van der Waals surface area contributed by atoms with Gasteiger partial charge in [0.05, 0.1) is 13.2 Å². The predicted molar refractivity (Wildman–Crippen MR) is 95.5 cm³/mol. The number of nitrogens with zero attached hydrogens (tertiary/aromatic N) is 3. The number of hydrogen-bond acceptors (Lipinski definition) is 3. The van der Waals surface area contributed by atoms with Crippen LogP contribution in [-0.2, 0) is 17.8 Å². The molecule has 0 saturated carbocycles. The van der Waals surface area contributed by atoms with Crippen molar-refractivity contribution in [1.82, 2.24) is 20.2 Å². The smallest absolute Gasteiger partial charge is 0.191 e. The van der Waals surface area contributed by atoms with Crippen molar-refractivity contribution in [2.45, 2.75) is 47.2 Å². The number of hydrogen-bond donors (Lipinski definition) is 2. The average Bonchev–Trinajstić information content (AvgIpc) is 2.92. The summed E-state index contributed by atoms with van der Waals surface area (Å²) >= 11 is 0. The summed E-state index contributed by atoms with van der Waals surface area (Å²) in [4.78, 5) is 8.63. The lowest BCUT2D eigenvalue weighted by atomic mass is 10.1. The maximum atomic E-state index is 5.59. The van der Waals surface area contributed by atoms with E-state index in [-0.39, 0.29) is 0 Å². The maximum Gasteiger partial charge on any atom is 0.191 e. The molecule has 0 radical (unpaired) electrons. The summed E-state index contributed by atoms with van der Waals surface area (Å²) in [6.45, 7) is 12.7. The first-order valence-corrected chi connectivity index (χ1v) is 8.55. The number of nitrogens with one attached hydrogen (secondary N) is 2. The third-order valence-corrected chi connectivity index (χ3v) is 3.38. The molecule has 6 nitrogen and oxygen atoms in total. The topological polar surface area (TPSA) is 63.5 Å². The van der Waals surface area contributed by atoms with Gasteiger partial charge in [0.25, 0.3) is 0 Å². The number of rotatable bonds is 10. The normalized spacial score (nSPS) is 12.2. The molecule has 23 heavy (non-hydrogen) atoms. The molecule has 132 valence electrons.